The first-order chi connectivity index (χ1) is 14.0. The van der Waals surface area contributed by atoms with Crippen molar-refractivity contribution in [2.24, 2.45) is 0 Å². The molecule has 0 saturated carbocycles. The summed E-state index contributed by atoms with van der Waals surface area (Å²) in [6.07, 6.45) is 2.25. The zero-order valence-corrected chi connectivity index (χ0v) is 18.2. The minimum absolute atomic E-state index is 0.133. The van der Waals surface area contributed by atoms with Crippen LogP contribution >= 0.6 is 0 Å². The van der Waals surface area contributed by atoms with Crippen LogP contribution in [-0.2, 0) is 14.8 Å². The number of nitrogens with one attached hydrogen (secondary N) is 1. The first kappa shape index (κ1) is 22.1. The van der Waals surface area contributed by atoms with E-state index in [4.69, 9.17) is 4.74 Å². The molecule has 0 unspecified atom stereocenters. The highest BCUT2D eigenvalue weighted by molar-refractivity contribution is 7.92. The largest absolute Gasteiger partial charge is 0.487 e. The minimum Gasteiger partial charge on any atom is -0.487 e. The fourth-order valence-corrected chi connectivity index (χ4v) is 4.64. The molecule has 0 fully saturated rings. The van der Waals surface area contributed by atoms with Crippen molar-refractivity contribution in [2.75, 3.05) is 17.1 Å². The van der Waals surface area contributed by atoms with Crippen molar-refractivity contribution in [3.63, 3.8) is 0 Å². The number of carbonyl (C=O) groups excluding carboxylic acids is 1. The van der Waals surface area contributed by atoms with E-state index in [1.54, 1.807) is 0 Å². The third-order valence-electron chi connectivity index (χ3n) is 4.99. The number of hydrogen-bond acceptors (Lipinski definition) is 4. The number of carbonyl (C=O) groups is 1. The molecule has 1 N–H and O–H groups in total. The van der Waals surface area contributed by atoms with E-state index in [-0.39, 0.29) is 24.9 Å². The van der Waals surface area contributed by atoms with Gasteiger partial charge in [0.05, 0.1) is 18.0 Å². The van der Waals surface area contributed by atoms with Gasteiger partial charge in [-0.05, 0) is 50.6 Å². The average molecular weight is 435 g/mol. The van der Waals surface area contributed by atoms with Crippen LogP contribution in [0.25, 0.3) is 0 Å². The Bertz CT molecular complexity index is 1010. The fourth-order valence-electron chi connectivity index (χ4n) is 3.67. The van der Waals surface area contributed by atoms with Crippen LogP contribution < -0.4 is 14.4 Å². The molecule has 162 valence electrons. The monoisotopic (exact) mass is 434 g/mol. The van der Waals surface area contributed by atoms with Crippen molar-refractivity contribution < 1.29 is 22.3 Å². The Balaban J connectivity index is 1.62. The van der Waals surface area contributed by atoms with Crippen LogP contribution in [0.4, 0.5) is 10.1 Å². The van der Waals surface area contributed by atoms with E-state index in [1.807, 2.05) is 38.1 Å². The molecule has 0 bridgehead atoms. The SMILES string of the molecule is CC1(C)C[C@@H](NC(=O)CCCN(c2ccc(F)cc2)S(C)(=O)=O)c2ccccc2O1. The Hall–Kier alpha value is -2.61. The van der Waals surface area contributed by atoms with Gasteiger partial charge in [0.1, 0.15) is 17.2 Å². The van der Waals surface area contributed by atoms with Crippen LogP contribution in [-0.4, -0.2) is 32.7 Å². The second-order valence-electron chi connectivity index (χ2n) is 8.14. The van der Waals surface area contributed by atoms with Gasteiger partial charge < -0.3 is 10.1 Å². The minimum atomic E-state index is -3.55. The molecule has 1 aliphatic heterocycles. The average Bonchev–Trinajstić information content (AvgIpc) is 2.64. The molecule has 0 aromatic heterocycles. The van der Waals surface area contributed by atoms with Crippen molar-refractivity contribution in [1.82, 2.24) is 5.32 Å². The second kappa shape index (κ2) is 8.63. The first-order valence-electron chi connectivity index (χ1n) is 9.86. The molecule has 30 heavy (non-hydrogen) atoms. The molecule has 3 rings (SSSR count). The van der Waals surface area contributed by atoms with Crippen molar-refractivity contribution in [3.05, 3.63) is 59.9 Å². The van der Waals surface area contributed by atoms with Gasteiger partial charge in [-0.2, -0.15) is 0 Å². The smallest absolute Gasteiger partial charge is 0.232 e. The second-order valence-corrected chi connectivity index (χ2v) is 10.0. The maximum atomic E-state index is 13.2. The quantitative estimate of drug-likeness (QED) is 0.719. The third-order valence-corrected chi connectivity index (χ3v) is 6.19. The number of benzene rings is 2. The zero-order valence-electron chi connectivity index (χ0n) is 17.4. The van der Waals surface area contributed by atoms with Crippen LogP contribution in [0.5, 0.6) is 5.75 Å². The molecular weight excluding hydrogens is 407 g/mol. The van der Waals surface area contributed by atoms with Crippen LogP contribution in [0.2, 0.25) is 0 Å². The Kier molecular flexibility index (Phi) is 6.36. The highest BCUT2D eigenvalue weighted by atomic mass is 32.2. The first-order valence-corrected chi connectivity index (χ1v) is 11.7. The molecule has 1 aliphatic rings. The standard InChI is InChI=1S/C22H27FN2O4S/c1-22(2)15-19(18-7-4-5-8-20(18)29-22)24-21(26)9-6-14-25(30(3,27)28)17-12-10-16(23)11-13-17/h4-5,7-8,10-13,19H,6,9,14-15H2,1-3H3,(H,24,26)/t19-/m1/s1. The molecule has 2 aromatic rings. The molecular formula is C22H27FN2O4S. The number of fused-ring (bicyclic) bond motifs is 1. The molecule has 8 heteroatoms. The molecule has 2 aromatic carbocycles. The van der Waals surface area contributed by atoms with Crippen molar-refractivity contribution in [3.8, 4) is 5.75 Å². The van der Waals surface area contributed by atoms with Gasteiger partial charge in [-0.1, -0.05) is 18.2 Å². The lowest BCUT2D eigenvalue weighted by molar-refractivity contribution is -0.122. The highest BCUT2D eigenvalue weighted by Crippen LogP contribution is 2.39. The Labute approximate surface area is 177 Å². The van der Waals surface area contributed by atoms with E-state index in [1.165, 1.54) is 28.6 Å². The van der Waals surface area contributed by atoms with Gasteiger partial charge in [-0.15, -0.1) is 0 Å². The van der Waals surface area contributed by atoms with Gasteiger partial charge in [0.2, 0.25) is 15.9 Å². The Morgan fingerprint density at radius 1 is 1.20 bits per heavy atom. The van der Waals surface area contributed by atoms with Crippen molar-refractivity contribution in [2.45, 2.75) is 44.8 Å². The van der Waals surface area contributed by atoms with Crippen molar-refractivity contribution in [1.29, 1.82) is 0 Å². The van der Waals surface area contributed by atoms with E-state index < -0.39 is 21.4 Å². The van der Waals surface area contributed by atoms with Crippen LogP contribution in [0, 0.1) is 5.82 Å². The summed E-state index contributed by atoms with van der Waals surface area (Å²) in [6, 6.07) is 12.7. The van der Waals surface area contributed by atoms with Crippen LogP contribution in [0.1, 0.15) is 44.7 Å². The molecule has 0 radical (unpaired) electrons. The summed E-state index contributed by atoms with van der Waals surface area (Å²) in [5.41, 5.74) is 0.913. The van der Waals surface area contributed by atoms with Gasteiger partial charge >= 0.3 is 0 Å². The maximum Gasteiger partial charge on any atom is 0.232 e. The number of amides is 1. The third kappa shape index (κ3) is 5.50. The summed E-state index contributed by atoms with van der Waals surface area (Å²) in [7, 11) is -3.55. The van der Waals surface area contributed by atoms with Crippen molar-refractivity contribution >= 4 is 21.6 Å². The lowest BCUT2D eigenvalue weighted by Crippen LogP contribution is -2.41. The van der Waals surface area contributed by atoms with Gasteiger partial charge in [0.15, 0.2) is 0 Å². The number of nitrogens with zero attached hydrogens (tertiary/aromatic N) is 1. The van der Waals surface area contributed by atoms with E-state index in [2.05, 4.69) is 5.32 Å². The van der Waals surface area contributed by atoms with E-state index in [0.717, 1.165) is 17.6 Å². The number of rotatable bonds is 7. The Morgan fingerprint density at radius 3 is 2.53 bits per heavy atom. The predicted octanol–water partition coefficient (Wildman–Crippen LogP) is 3.79. The van der Waals surface area contributed by atoms with Gasteiger partial charge in [-0.3, -0.25) is 9.10 Å². The lowest BCUT2D eigenvalue weighted by atomic mass is 9.89. The summed E-state index contributed by atoms with van der Waals surface area (Å²) in [6.45, 7) is 4.09. The topological polar surface area (TPSA) is 75.7 Å². The Morgan fingerprint density at radius 2 is 1.87 bits per heavy atom. The number of hydrogen-bond donors (Lipinski definition) is 1. The summed E-state index contributed by atoms with van der Waals surface area (Å²) in [5.74, 6) is 0.171. The number of halogens is 1. The molecule has 1 amide bonds. The molecule has 0 spiro atoms. The lowest BCUT2D eigenvalue weighted by Gasteiger charge is -2.37. The predicted molar refractivity (Wildman–Crippen MR) is 114 cm³/mol. The maximum absolute atomic E-state index is 13.2. The summed E-state index contributed by atoms with van der Waals surface area (Å²) in [5, 5.41) is 3.05. The number of ether oxygens (including phenoxy) is 1. The molecule has 1 atom stereocenters. The molecule has 0 aliphatic carbocycles. The van der Waals surface area contributed by atoms with Gasteiger partial charge in [0, 0.05) is 24.9 Å². The molecule has 0 saturated heterocycles. The van der Waals surface area contributed by atoms with E-state index >= 15 is 0 Å². The molecule has 1 heterocycles. The van der Waals surface area contributed by atoms with Crippen LogP contribution in [0.3, 0.4) is 0 Å². The normalized spacial score (nSPS) is 17.5. The summed E-state index contributed by atoms with van der Waals surface area (Å²) >= 11 is 0. The number of para-hydroxylation sites is 1. The highest BCUT2D eigenvalue weighted by Gasteiger charge is 2.34. The number of sulfonamides is 1. The zero-order chi connectivity index (χ0) is 21.9. The van der Waals surface area contributed by atoms with Gasteiger partial charge in [-0.25, -0.2) is 12.8 Å². The van der Waals surface area contributed by atoms with Crippen LogP contribution in [0.15, 0.2) is 48.5 Å². The summed E-state index contributed by atoms with van der Waals surface area (Å²) in [4.78, 5) is 12.6. The molecule has 6 nitrogen and oxygen atoms in total. The van der Waals surface area contributed by atoms with E-state index in [9.17, 15) is 17.6 Å². The van der Waals surface area contributed by atoms with Gasteiger partial charge in [0.25, 0.3) is 0 Å². The fraction of sp³-hybridized carbons (Fsp3) is 0.409. The number of anilines is 1. The summed E-state index contributed by atoms with van der Waals surface area (Å²) < 4.78 is 44.6. The van der Waals surface area contributed by atoms with E-state index in [0.29, 0.717) is 18.5 Å².